The molecule has 3 rings (SSSR count). The average molecular weight is 269 g/mol. The molecular weight excluding hydrogens is 246 g/mol. The largest absolute Gasteiger partial charge is 0.354 e. The highest BCUT2D eigenvalue weighted by molar-refractivity contribution is 5.90. The van der Waals surface area contributed by atoms with Crippen LogP contribution in [-0.2, 0) is 12.8 Å². The molecule has 0 unspecified atom stereocenters. The van der Waals surface area contributed by atoms with Crippen LogP contribution in [0.25, 0.3) is 10.8 Å². The van der Waals surface area contributed by atoms with Crippen LogP contribution >= 0.6 is 0 Å². The maximum absolute atomic E-state index is 4.71. The summed E-state index contributed by atoms with van der Waals surface area (Å²) in [6, 6.07) is 6.83. The fourth-order valence-corrected chi connectivity index (χ4v) is 3.03. The summed E-state index contributed by atoms with van der Waals surface area (Å²) in [5.41, 5.74) is 2.83. The summed E-state index contributed by atoms with van der Waals surface area (Å²) in [4.78, 5) is 7.10. The van der Waals surface area contributed by atoms with Crippen LogP contribution in [0.15, 0.2) is 24.4 Å². The molecule has 1 aliphatic heterocycles. The Kier molecular flexibility index (Phi) is 3.88. The molecule has 1 saturated heterocycles. The van der Waals surface area contributed by atoms with Crippen molar-refractivity contribution in [1.82, 2.24) is 10.3 Å². The highest BCUT2D eigenvalue weighted by Gasteiger charge is 2.13. The number of rotatable bonds is 3. The lowest BCUT2D eigenvalue weighted by Gasteiger charge is -2.28. The second kappa shape index (κ2) is 5.80. The monoisotopic (exact) mass is 269 g/mol. The SMILES string of the molecule is CCc1ccc(CC)c2cc(N3CCNCC3)ncc12. The Bertz CT molecular complexity index is 600. The summed E-state index contributed by atoms with van der Waals surface area (Å²) in [6.45, 7) is 8.64. The van der Waals surface area contributed by atoms with Gasteiger partial charge >= 0.3 is 0 Å². The molecule has 3 nitrogen and oxygen atoms in total. The minimum absolute atomic E-state index is 1.05. The van der Waals surface area contributed by atoms with Gasteiger partial charge in [0.1, 0.15) is 5.82 Å². The maximum Gasteiger partial charge on any atom is 0.129 e. The molecule has 0 radical (unpaired) electrons. The summed E-state index contributed by atoms with van der Waals surface area (Å²) in [7, 11) is 0. The van der Waals surface area contributed by atoms with E-state index >= 15 is 0 Å². The molecular formula is C17H23N3. The van der Waals surface area contributed by atoms with E-state index in [0.29, 0.717) is 0 Å². The molecule has 3 heteroatoms. The first-order chi connectivity index (χ1) is 9.83. The van der Waals surface area contributed by atoms with Crippen molar-refractivity contribution in [2.45, 2.75) is 26.7 Å². The minimum Gasteiger partial charge on any atom is -0.354 e. The van der Waals surface area contributed by atoms with Crippen molar-refractivity contribution in [3.05, 3.63) is 35.5 Å². The minimum atomic E-state index is 1.05. The molecule has 0 bridgehead atoms. The predicted molar refractivity (Wildman–Crippen MR) is 85.6 cm³/mol. The van der Waals surface area contributed by atoms with Gasteiger partial charge in [-0.15, -0.1) is 0 Å². The number of nitrogens with zero attached hydrogens (tertiary/aromatic N) is 2. The Hall–Kier alpha value is -1.61. The van der Waals surface area contributed by atoms with E-state index in [1.165, 1.54) is 21.9 Å². The van der Waals surface area contributed by atoms with E-state index in [4.69, 9.17) is 4.98 Å². The fourth-order valence-electron chi connectivity index (χ4n) is 3.03. The fraction of sp³-hybridized carbons (Fsp3) is 0.471. The van der Waals surface area contributed by atoms with Gasteiger partial charge in [0.25, 0.3) is 0 Å². The third-order valence-electron chi connectivity index (χ3n) is 4.27. The lowest BCUT2D eigenvalue weighted by molar-refractivity contribution is 0.585. The van der Waals surface area contributed by atoms with Crippen LogP contribution in [0, 0.1) is 0 Å². The number of piperazine rings is 1. The zero-order valence-corrected chi connectivity index (χ0v) is 12.4. The quantitative estimate of drug-likeness (QED) is 0.928. The van der Waals surface area contributed by atoms with E-state index in [-0.39, 0.29) is 0 Å². The molecule has 1 aliphatic rings. The van der Waals surface area contributed by atoms with E-state index in [2.05, 4.69) is 48.5 Å². The second-order valence-electron chi connectivity index (χ2n) is 5.42. The number of fused-ring (bicyclic) bond motifs is 1. The summed E-state index contributed by atoms with van der Waals surface area (Å²) in [5, 5.41) is 6.10. The van der Waals surface area contributed by atoms with Crippen LogP contribution in [0.5, 0.6) is 0 Å². The Morgan fingerprint density at radius 2 is 1.70 bits per heavy atom. The lowest BCUT2D eigenvalue weighted by Crippen LogP contribution is -2.43. The molecule has 1 fully saturated rings. The van der Waals surface area contributed by atoms with Gasteiger partial charge in [-0.1, -0.05) is 26.0 Å². The Labute approximate surface area is 121 Å². The number of pyridine rings is 1. The van der Waals surface area contributed by atoms with E-state index < -0.39 is 0 Å². The van der Waals surface area contributed by atoms with Crippen molar-refractivity contribution in [2.75, 3.05) is 31.1 Å². The Morgan fingerprint density at radius 1 is 1.05 bits per heavy atom. The standard InChI is InChI=1S/C17H23N3/c1-3-13-5-6-14(4-2)16-12-19-17(11-15(13)16)20-9-7-18-8-10-20/h5-6,11-12,18H,3-4,7-10H2,1-2H3. The van der Waals surface area contributed by atoms with Crippen molar-refractivity contribution in [1.29, 1.82) is 0 Å². The van der Waals surface area contributed by atoms with Crippen molar-refractivity contribution in [2.24, 2.45) is 0 Å². The van der Waals surface area contributed by atoms with Gasteiger partial charge in [-0.2, -0.15) is 0 Å². The highest BCUT2D eigenvalue weighted by Crippen LogP contribution is 2.27. The van der Waals surface area contributed by atoms with Gasteiger partial charge in [0.15, 0.2) is 0 Å². The number of aromatic nitrogens is 1. The summed E-state index contributed by atoms with van der Waals surface area (Å²) in [6.07, 6.45) is 4.21. The first kappa shape index (κ1) is 13.4. The van der Waals surface area contributed by atoms with Crippen molar-refractivity contribution >= 4 is 16.6 Å². The van der Waals surface area contributed by atoms with Crippen LogP contribution in [0.1, 0.15) is 25.0 Å². The molecule has 0 aliphatic carbocycles. The Balaban J connectivity index is 2.08. The molecule has 1 aromatic heterocycles. The third kappa shape index (κ3) is 2.38. The van der Waals surface area contributed by atoms with Crippen molar-refractivity contribution < 1.29 is 0 Å². The normalized spacial score (nSPS) is 15.8. The average Bonchev–Trinajstić information content (AvgIpc) is 2.54. The number of anilines is 1. The van der Waals surface area contributed by atoms with Gasteiger partial charge in [0.05, 0.1) is 0 Å². The van der Waals surface area contributed by atoms with Gasteiger partial charge in [0, 0.05) is 37.8 Å². The molecule has 0 amide bonds. The molecule has 20 heavy (non-hydrogen) atoms. The molecule has 0 atom stereocenters. The maximum atomic E-state index is 4.71. The van der Waals surface area contributed by atoms with E-state index in [1.807, 2.05) is 0 Å². The zero-order chi connectivity index (χ0) is 13.9. The number of hydrogen-bond donors (Lipinski definition) is 1. The second-order valence-corrected chi connectivity index (χ2v) is 5.42. The van der Waals surface area contributed by atoms with Crippen molar-refractivity contribution in [3.63, 3.8) is 0 Å². The Morgan fingerprint density at radius 3 is 2.35 bits per heavy atom. The molecule has 0 spiro atoms. The molecule has 2 aromatic rings. The molecule has 2 heterocycles. The summed E-state index contributed by atoms with van der Waals surface area (Å²) < 4.78 is 0. The first-order valence-electron chi connectivity index (χ1n) is 7.69. The number of hydrogen-bond acceptors (Lipinski definition) is 3. The van der Waals surface area contributed by atoms with Crippen LogP contribution in [0.3, 0.4) is 0 Å². The van der Waals surface area contributed by atoms with Crippen LogP contribution in [-0.4, -0.2) is 31.2 Å². The predicted octanol–water partition coefficient (Wildman–Crippen LogP) is 2.77. The highest BCUT2D eigenvalue weighted by atomic mass is 15.2. The van der Waals surface area contributed by atoms with Crippen LogP contribution in [0.2, 0.25) is 0 Å². The van der Waals surface area contributed by atoms with Gasteiger partial charge < -0.3 is 10.2 Å². The van der Waals surface area contributed by atoms with Gasteiger partial charge in [-0.25, -0.2) is 4.98 Å². The number of aryl methyl sites for hydroxylation is 2. The van der Waals surface area contributed by atoms with Crippen LogP contribution < -0.4 is 10.2 Å². The first-order valence-corrected chi connectivity index (χ1v) is 7.69. The van der Waals surface area contributed by atoms with E-state index in [0.717, 1.165) is 44.8 Å². The summed E-state index contributed by atoms with van der Waals surface area (Å²) in [5.74, 6) is 1.13. The smallest absolute Gasteiger partial charge is 0.129 e. The van der Waals surface area contributed by atoms with Crippen LogP contribution in [0.4, 0.5) is 5.82 Å². The zero-order valence-electron chi connectivity index (χ0n) is 12.4. The molecule has 1 aromatic carbocycles. The lowest BCUT2D eigenvalue weighted by atomic mass is 9.98. The van der Waals surface area contributed by atoms with Gasteiger partial charge in [-0.3, -0.25) is 0 Å². The topological polar surface area (TPSA) is 28.2 Å². The van der Waals surface area contributed by atoms with E-state index in [9.17, 15) is 0 Å². The van der Waals surface area contributed by atoms with Gasteiger partial charge in [0.2, 0.25) is 0 Å². The number of benzene rings is 1. The number of nitrogens with one attached hydrogen (secondary N) is 1. The molecule has 1 N–H and O–H groups in total. The van der Waals surface area contributed by atoms with E-state index in [1.54, 1.807) is 0 Å². The van der Waals surface area contributed by atoms with Gasteiger partial charge in [-0.05, 0) is 35.4 Å². The van der Waals surface area contributed by atoms with Crippen molar-refractivity contribution in [3.8, 4) is 0 Å². The molecule has 106 valence electrons. The molecule has 0 saturated carbocycles. The third-order valence-corrected chi connectivity index (χ3v) is 4.27. The summed E-state index contributed by atoms with van der Waals surface area (Å²) >= 11 is 0.